The molecule has 2 aromatic rings. The van der Waals surface area contributed by atoms with E-state index in [9.17, 15) is 14.0 Å². The van der Waals surface area contributed by atoms with Crippen molar-refractivity contribution in [1.82, 2.24) is 4.90 Å². The van der Waals surface area contributed by atoms with Crippen LogP contribution in [0, 0.1) is 5.82 Å². The van der Waals surface area contributed by atoms with E-state index in [1.54, 1.807) is 6.92 Å². The van der Waals surface area contributed by atoms with Crippen LogP contribution in [0.4, 0.5) is 15.8 Å². The second-order valence-electron chi connectivity index (χ2n) is 6.54. The third-order valence-corrected chi connectivity index (χ3v) is 4.90. The Morgan fingerprint density at radius 3 is 2.33 bits per heavy atom. The molecule has 0 bridgehead atoms. The van der Waals surface area contributed by atoms with E-state index in [-0.39, 0.29) is 23.3 Å². The molecule has 2 aromatic carbocycles. The Balaban J connectivity index is 1.50. The highest BCUT2D eigenvalue weighted by atomic mass is 35.5. The molecule has 1 amide bonds. The van der Waals surface area contributed by atoms with Gasteiger partial charge < -0.3 is 10.2 Å². The standard InChI is InChI=1S/C20H21ClFN3O2/c1-14(26)15-2-5-17(6-3-15)25-10-8-24(9-11-25)13-20(27)23-19-7-4-16(22)12-18(19)21/h2-7,12H,8-11,13H2,1H3,(H,23,27). The van der Waals surface area contributed by atoms with Crippen LogP contribution < -0.4 is 10.2 Å². The molecule has 1 N–H and O–H groups in total. The number of benzene rings is 2. The average Bonchev–Trinajstić information content (AvgIpc) is 2.65. The summed E-state index contributed by atoms with van der Waals surface area (Å²) in [7, 11) is 0. The van der Waals surface area contributed by atoms with Crippen molar-refractivity contribution in [2.45, 2.75) is 6.92 Å². The van der Waals surface area contributed by atoms with Gasteiger partial charge in [-0.25, -0.2) is 4.39 Å². The van der Waals surface area contributed by atoms with Crippen molar-refractivity contribution in [3.63, 3.8) is 0 Å². The highest BCUT2D eigenvalue weighted by Gasteiger charge is 2.19. The zero-order valence-corrected chi connectivity index (χ0v) is 15.8. The SMILES string of the molecule is CC(=O)c1ccc(N2CCN(CC(=O)Nc3ccc(F)cc3Cl)CC2)cc1. The number of carbonyl (C=O) groups excluding carboxylic acids is 2. The van der Waals surface area contributed by atoms with Crippen LogP contribution >= 0.6 is 11.6 Å². The average molecular weight is 390 g/mol. The van der Waals surface area contributed by atoms with Crippen LogP contribution in [0.3, 0.4) is 0 Å². The lowest BCUT2D eigenvalue weighted by atomic mass is 10.1. The van der Waals surface area contributed by atoms with Gasteiger partial charge in [0, 0.05) is 37.4 Å². The van der Waals surface area contributed by atoms with Gasteiger partial charge in [-0.15, -0.1) is 0 Å². The van der Waals surface area contributed by atoms with E-state index < -0.39 is 5.82 Å². The lowest BCUT2D eigenvalue weighted by molar-refractivity contribution is -0.117. The van der Waals surface area contributed by atoms with E-state index in [1.807, 2.05) is 24.3 Å². The van der Waals surface area contributed by atoms with Gasteiger partial charge in [0.15, 0.2) is 5.78 Å². The largest absolute Gasteiger partial charge is 0.369 e. The van der Waals surface area contributed by atoms with E-state index in [0.29, 0.717) is 11.3 Å². The molecule has 0 aliphatic carbocycles. The van der Waals surface area contributed by atoms with E-state index in [4.69, 9.17) is 11.6 Å². The smallest absolute Gasteiger partial charge is 0.238 e. The Morgan fingerprint density at radius 2 is 1.74 bits per heavy atom. The highest BCUT2D eigenvalue weighted by molar-refractivity contribution is 6.33. The third-order valence-electron chi connectivity index (χ3n) is 4.58. The lowest BCUT2D eigenvalue weighted by Crippen LogP contribution is -2.48. The number of halogens is 2. The van der Waals surface area contributed by atoms with E-state index in [2.05, 4.69) is 15.1 Å². The fraction of sp³-hybridized carbons (Fsp3) is 0.300. The summed E-state index contributed by atoms with van der Waals surface area (Å²) in [5.74, 6) is -0.563. The first kappa shape index (κ1) is 19.3. The molecule has 1 aliphatic rings. The lowest BCUT2D eigenvalue weighted by Gasteiger charge is -2.35. The Morgan fingerprint density at radius 1 is 1.07 bits per heavy atom. The minimum atomic E-state index is -0.439. The maximum atomic E-state index is 13.1. The first-order valence-corrected chi connectivity index (χ1v) is 9.13. The first-order valence-electron chi connectivity index (χ1n) is 8.75. The van der Waals surface area contributed by atoms with E-state index in [1.165, 1.54) is 18.2 Å². The van der Waals surface area contributed by atoms with Crippen molar-refractivity contribution in [2.24, 2.45) is 0 Å². The molecule has 5 nitrogen and oxygen atoms in total. The predicted octanol–water partition coefficient (Wildman–Crippen LogP) is 3.44. The van der Waals surface area contributed by atoms with Gasteiger partial charge in [-0.2, -0.15) is 0 Å². The number of carbonyl (C=O) groups is 2. The van der Waals surface area contributed by atoms with Crippen LogP contribution in [0.5, 0.6) is 0 Å². The molecule has 0 spiro atoms. The summed E-state index contributed by atoms with van der Waals surface area (Å²) in [5.41, 5.74) is 2.18. The molecule has 0 radical (unpaired) electrons. The van der Waals surface area contributed by atoms with Gasteiger partial charge in [-0.05, 0) is 49.4 Å². The number of amides is 1. The third kappa shape index (κ3) is 5.05. The molecule has 1 heterocycles. The molecular formula is C20H21ClFN3O2. The molecule has 0 unspecified atom stereocenters. The minimum Gasteiger partial charge on any atom is -0.369 e. The van der Waals surface area contributed by atoms with Crippen LogP contribution in [-0.4, -0.2) is 49.3 Å². The van der Waals surface area contributed by atoms with Gasteiger partial charge in [-0.1, -0.05) is 11.6 Å². The summed E-state index contributed by atoms with van der Waals surface area (Å²) >= 11 is 5.94. The molecule has 27 heavy (non-hydrogen) atoms. The van der Waals surface area contributed by atoms with Crippen LogP contribution in [0.25, 0.3) is 0 Å². The van der Waals surface area contributed by atoms with Gasteiger partial charge in [0.05, 0.1) is 17.3 Å². The van der Waals surface area contributed by atoms with Gasteiger partial charge in [-0.3, -0.25) is 14.5 Å². The Labute approximate surface area is 162 Å². The zero-order valence-electron chi connectivity index (χ0n) is 15.0. The summed E-state index contributed by atoms with van der Waals surface area (Å²) in [6.07, 6.45) is 0. The van der Waals surface area contributed by atoms with Crippen LogP contribution in [-0.2, 0) is 4.79 Å². The molecule has 1 aliphatic heterocycles. The molecule has 0 aromatic heterocycles. The Hall–Kier alpha value is -2.44. The van der Waals surface area contributed by atoms with Crippen LogP contribution in [0.1, 0.15) is 17.3 Å². The predicted molar refractivity (Wildman–Crippen MR) is 105 cm³/mol. The number of hydrogen-bond acceptors (Lipinski definition) is 4. The van der Waals surface area contributed by atoms with Crippen molar-refractivity contribution in [3.8, 4) is 0 Å². The molecule has 7 heteroatoms. The topological polar surface area (TPSA) is 52.7 Å². The number of hydrogen-bond donors (Lipinski definition) is 1. The summed E-state index contributed by atoms with van der Waals surface area (Å²) in [4.78, 5) is 27.9. The maximum Gasteiger partial charge on any atom is 0.238 e. The normalized spacial score (nSPS) is 14.9. The van der Waals surface area contributed by atoms with Crippen LogP contribution in [0.15, 0.2) is 42.5 Å². The Kier molecular flexibility index (Phi) is 6.08. The molecule has 1 fully saturated rings. The van der Waals surface area contributed by atoms with Gasteiger partial charge in [0.25, 0.3) is 0 Å². The van der Waals surface area contributed by atoms with Gasteiger partial charge in [0.1, 0.15) is 5.82 Å². The van der Waals surface area contributed by atoms with Crippen molar-refractivity contribution >= 4 is 34.7 Å². The van der Waals surface area contributed by atoms with Gasteiger partial charge >= 0.3 is 0 Å². The highest BCUT2D eigenvalue weighted by Crippen LogP contribution is 2.22. The summed E-state index contributed by atoms with van der Waals surface area (Å²) in [6.45, 7) is 4.90. The van der Waals surface area contributed by atoms with Crippen molar-refractivity contribution < 1.29 is 14.0 Å². The van der Waals surface area contributed by atoms with E-state index in [0.717, 1.165) is 31.9 Å². The quantitative estimate of drug-likeness (QED) is 0.796. The van der Waals surface area contributed by atoms with Crippen molar-refractivity contribution in [1.29, 1.82) is 0 Å². The number of Topliss-reactive ketones (excluding diaryl/α,β-unsaturated/α-hetero) is 1. The van der Waals surface area contributed by atoms with Crippen molar-refractivity contribution in [3.05, 3.63) is 58.9 Å². The summed E-state index contributed by atoms with van der Waals surface area (Å²) in [5, 5.41) is 2.90. The minimum absolute atomic E-state index is 0.0543. The van der Waals surface area contributed by atoms with Crippen LogP contribution in [0.2, 0.25) is 5.02 Å². The fourth-order valence-electron chi connectivity index (χ4n) is 3.05. The van der Waals surface area contributed by atoms with Gasteiger partial charge in [0.2, 0.25) is 5.91 Å². The number of rotatable bonds is 5. The number of piperazine rings is 1. The molecule has 142 valence electrons. The Bertz CT molecular complexity index is 834. The second kappa shape index (κ2) is 8.50. The number of ketones is 1. The zero-order chi connectivity index (χ0) is 19.4. The second-order valence-corrected chi connectivity index (χ2v) is 6.95. The van der Waals surface area contributed by atoms with Crippen molar-refractivity contribution in [2.75, 3.05) is 42.9 Å². The molecule has 0 atom stereocenters. The molecule has 1 saturated heterocycles. The monoisotopic (exact) mass is 389 g/mol. The number of anilines is 2. The molecule has 3 rings (SSSR count). The molecule has 0 saturated carbocycles. The number of nitrogens with zero attached hydrogens (tertiary/aromatic N) is 2. The summed E-state index contributed by atoms with van der Waals surface area (Å²) < 4.78 is 13.1. The first-order chi connectivity index (χ1) is 12.9. The maximum absolute atomic E-state index is 13.1. The summed E-state index contributed by atoms with van der Waals surface area (Å²) in [6, 6.07) is 11.5. The van der Waals surface area contributed by atoms with E-state index >= 15 is 0 Å². The molecular weight excluding hydrogens is 369 g/mol. The fourth-order valence-corrected chi connectivity index (χ4v) is 3.27. The number of nitrogens with one attached hydrogen (secondary N) is 1.